The van der Waals surface area contributed by atoms with Crippen LogP contribution in [0.25, 0.3) is 11.3 Å². The first-order chi connectivity index (χ1) is 6.77. The molecule has 2 rings (SSSR count). The van der Waals surface area contributed by atoms with Gasteiger partial charge in [-0.25, -0.2) is 0 Å². The molecule has 4 heteroatoms. The van der Waals surface area contributed by atoms with E-state index in [4.69, 9.17) is 18.0 Å². The summed E-state index contributed by atoms with van der Waals surface area (Å²) in [5.41, 5.74) is 8.06. The van der Waals surface area contributed by atoms with Gasteiger partial charge in [0.2, 0.25) is 0 Å². The zero-order chi connectivity index (χ0) is 9.97. The average Bonchev–Trinajstić information content (AvgIpc) is 2.68. The van der Waals surface area contributed by atoms with Gasteiger partial charge >= 0.3 is 0 Å². The van der Waals surface area contributed by atoms with Crippen LogP contribution >= 0.6 is 12.2 Å². The lowest BCUT2D eigenvalue weighted by atomic mass is 10.1. The molecule has 0 atom stereocenters. The Hall–Kier alpha value is -1.68. The molecule has 0 bridgehead atoms. The van der Waals surface area contributed by atoms with Crippen LogP contribution in [-0.2, 0) is 0 Å². The van der Waals surface area contributed by atoms with Crippen molar-refractivity contribution in [2.75, 3.05) is 0 Å². The minimum atomic E-state index is 0.333. The van der Waals surface area contributed by atoms with Crippen LogP contribution in [0.2, 0.25) is 0 Å². The minimum absolute atomic E-state index is 0.333. The van der Waals surface area contributed by atoms with E-state index in [2.05, 4.69) is 10.2 Å². The highest BCUT2D eigenvalue weighted by Crippen LogP contribution is 2.16. The van der Waals surface area contributed by atoms with E-state index in [1.165, 1.54) is 0 Å². The molecule has 14 heavy (non-hydrogen) atoms. The summed E-state index contributed by atoms with van der Waals surface area (Å²) in [5.74, 6) is 0. The first-order valence-corrected chi connectivity index (χ1v) is 4.59. The summed E-state index contributed by atoms with van der Waals surface area (Å²) in [5, 5.41) is 6.90. The number of aromatic nitrogens is 2. The molecule has 2 aromatic rings. The van der Waals surface area contributed by atoms with Gasteiger partial charge in [-0.3, -0.25) is 5.10 Å². The summed E-state index contributed by atoms with van der Waals surface area (Å²) in [6.07, 6.45) is 0. The van der Waals surface area contributed by atoms with Gasteiger partial charge < -0.3 is 5.73 Å². The van der Waals surface area contributed by atoms with Crippen LogP contribution in [0.4, 0.5) is 0 Å². The first-order valence-electron chi connectivity index (χ1n) is 4.18. The van der Waals surface area contributed by atoms with E-state index in [1.54, 1.807) is 0 Å². The fourth-order valence-corrected chi connectivity index (χ4v) is 1.31. The summed E-state index contributed by atoms with van der Waals surface area (Å²) < 4.78 is 0. The number of nitrogens with zero attached hydrogens (tertiary/aromatic N) is 1. The second-order valence-electron chi connectivity index (χ2n) is 2.90. The summed E-state index contributed by atoms with van der Waals surface area (Å²) in [4.78, 5) is 0.333. The molecule has 0 radical (unpaired) electrons. The summed E-state index contributed by atoms with van der Waals surface area (Å²) >= 11 is 4.83. The minimum Gasteiger partial charge on any atom is -0.388 e. The fourth-order valence-electron chi connectivity index (χ4n) is 1.20. The summed E-state index contributed by atoms with van der Waals surface area (Å²) in [6.45, 7) is 0. The number of H-pyrrole nitrogens is 1. The predicted molar refractivity (Wildman–Crippen MR) is 59.9 cm³/mol. The van der Waals surface area contributed by atoms with Crippen LogP contribution in [0.1, 0.15) is 5.69 Å². The third-order valence-corrected chi connectivity index (χ3v) is 2.13. The van der Waals surface area contributed by atoms with Crippen molar-refractivity contribution in [2.24, 2.45) is 5.73 Å². The van der Waals surface area contributed by atoms with Crippen LogP contribution in [0.5, 0.6) is 0 Å². The van der Waals surface area contributed by atoms with Crippen molar-refractivity contribution in [3.8, 4) is 11.3 Å². The van der Waals surface area contributed by atoms with Gasteiger partial charge in [0, 0.05) is 5.56 Å². The Morgan fingerprint density at radius 3 is 2.57 bits per heavy atom. The van der Waals surface area contributed by atoms with E-state index >= 15 is 0 Å². The molecule has 0 aliphatic carbocycles. The number of benzene rings is 1. The maximum atomic E-state index is 5.47. The lowest BCUT2D eigenvalue weighted by molar-refractivity contribution is 1.08. The lowest BCUT2D eigenvalue weighted by Crippen LogP contribution is -2.09. The van der Waals surface area contributed by atoms with E-state index in [1.807, 2.05) is 36.4 Å². The largest absolute Gasteiger partial charge is 0.388 e. The molecule has 0 spiro atoms. The molecular weight excluding hydrogens is 194 g/mol. The Bertz CT molecular complexity index is 447. The zero-order valence-electron chi connectivity index (χ0n) is 7.40. The van der Waals surface area contributed by atoms with Gasteiger partial charge in [0.25, 0.3) is 0 Å². The smallest absolute Gasteiger partial charge is 0.122 e. The SMILES string of the molecule is NC(=S)c1cc(-c2ccccc2)n[nH]1. The standard InChI is InChI=1S/C10H9N3S/c11-10(14)9-6-8(12-13-9)7-4-2-1-3-5-7/h1-6H,(H2,11,14)(H,12,13). The Morgan fingerprint density at radius 1 is 1.29 bits per heavy atom. The van der Waals surface area contributed by atoms with Gasteiger partial charge in [-0.2, -0.15) is 5.10 Å². The maximum absolute atomic E-state index is 5.47. The van der Waals surface area contributed by atoms with E-state index in [9.17, 15) is 0 Å². The van der Waals surface area contributed by atoms with Gasteiger partial charge in [0.1, 0.15) is 4.99 Å². The van der Waals surface area contributed by atoms with Gasteiger partial charge in [-0.05, 0) is 6.07 Å². The second kappa shape index (κ2) is 3.59. The van der Waals surface area contributed by atoms with Gasteiger partial charge in [-0.1, -0.05) is 42.5 Å². The number of hydrogen-bond acceptors (Lipinski definition) is 2. The molecule has 0 fully saturated rings. The third kappa shape index (κ3) is 1.65. The molecule has 0 aliphatic rings. The van der Waals surface area contributed by atoms with Crippen LogP contribution in [0, 0.1) is 0 Å². The van der Waals surface area contributed by atoms with Crippen LogP contribution in [-0.4, -0.2) is 15.2 Å². The molecule has 1 heterocycles. The third-order valence-electron chi connectivity index (χ3n) is 1.91. The highest BCUT2D eigenvalue weighted by Gasteiger charge is 2.04. The zero-order valence-corrected chi connectivity index (χ0v) is 8.21. The van der Waals surface area contributed by atoms with Crippen molar-refractivity contribution in [1.82, 2.24) is 10.2 Å². The molecule has 3 nitrogen and oxygen atoms in total. The van der Waals surface area contributed by atoms with Crippen molar-refractivity contribution in [3.05, 3.63) is 42.1 Å². The average molecular weight is 203 g/mol. The Morgan fingerprint density at radius 2 is 2.00 bits per heavy atom. The number of hydrogen-bond donors (Lipinski definition) is 2. The Kier molecular flexibility index (Phi) is 2.28. The molecule has 0 amide bonds. The molecule has 0 saturated heterocycles. The molecule has 0 saturated carbocycles. The number of nitrogens with two attached hydrogens (primary N) is 1. The quantitative estimate of drug-likeness (QED) is 0.730. The summed E-state index contributed by atoms with van der Waals surface area (Å²) in [6, 6.07) is 11.7. The van der Waals surface area contributed by atoms with Crippen molar-refractivity contribution in [2.45, 2.75) is 0 Å². The highest BCUT2D eigenvalue weighted by molar-refractivity contribution is 7.80. The topological polar surface area (TPSA) is 54.7 Å². The van der Waals surface area contributed by atoms with E-state index < -0.39 is 0 Å². The van der Waals surface area contributed by atoms with E-state index in [-0.39, 0.29) is 0 Å². The van der Waals surface area contributed by atoms with Crippen molar-refractivity contribution >= 4 is 17.2 Å². The molecule has 1 aromatic carbocycles. The van der Waals surface area contributed by atoms with Gasteiger partial charge in [0.15, 0.2) is 0 Å². The molecular formula is C10H9N3S. The van der Waals surface area contributed by atoms with Crippen LogP contribution in [0.3, 0.4) is 0 Å². The molecule has 3 N–H and O–H groups in total. The van der Waals surface area contributed by atoms with Crippen molar-refractivity contribution in [3.63, 3.8) is 0 Å². The molecule has 0 unspecified atom stereocenters. The van der Waals surface area contributed by atoms with E-state index in [0.717, 1.165) is 11.3 Å². The Balaban J connectivity index is 2.39. The normalized spacial score (nSPS) is 10.0. The van der Waals surface area contributed by atoms with Crippen molar-refractivity contribution < 1.29 is 0 Å². The van der Waals surface area contributed by atoms with Gasteiger partial charge in [0.05, 0.1) is 11.4 Å². The molecule has 70 valence electrons. The maximum Gasteiger partial charge on any atom is 0.122 e. The highest BCUT2D eigenvalue weighted by atomic mass is 32.1. The lowest BCUT2D eigenvalue weighted by Gasteiger charge is -1.92. The van der Waals surface area contributed by atoms with Gasteiger partial charge in [-0.15, -0.1) is 0 Å². The van der Waals surface area contributed by atoms with Crippen LogP contribution < -0.4 is 5.73 Å². The van der Waals surface area contributed by atoms with Crippen molar-refractivity contribution in [1.29, 1.82) is 0 Å². The second-order valence-corrected chi connectivity index (χ2v) is 3.34. The molecule has 1 aromatic heterocycles. The Labute approximate surface area is 86.9 Å². The number of rotatable bonds is 2. The number of aromatic amines is 1. The number of thiocarbonyl (C=S) groups is 1. The first kappa shape index (κ1) is 8.90. The predicted octanol–water partition coefficient (Wildman–Crippen LogP) is 1.71. The van der Waals surface area contributed by atoms with Crippen LogP contribution in [0.15, 0.2) is 36.4 Å². The fraction of sp³-hybridized carbons (Fsp3) is 0. The monoisotopic (exact) mass is 203 g/mol. The number of nitrogens with one attached hydrogen (secondary N) is 1. The molecule has 0 aliphatic heterocycles. The van der Waals surface area contributed by atoms with E-state index in [0.29, 0.717) is 10.7 Å². The summed E-state index contributed by atoms with van der Waals surface area (Å²) in [7, 11) is 0.